The van der Waals surface area contributed by atoms with Crippen molar-refractivity contribution in [1.82, 2.24) is 9.97 Å². The first-order valence-corrected chi connectivity index (χ1v) is 10.2. The number of nitrogens with one attached hydrogen (secondary N) is 1. The molecule has 6 heteroatoms. The van der Waals surface area contributed by atoms with E-state index in [4.69, 9.17) is 21.0 Å². The molecule has 0 amide bonds. The molecule has 0 fully saturated rings. The molecule has 0 bridgehead atoms. The van der Waals surface area contributed by atoms with Crippen LogP contribution >= 0.6 is 24.0 Å². The molecular formula is C24H21Cl2N3O. The Kier molecular flexibility index (Phi) is 6.07. The smallest absolute Gasteiger partial charge is 0.198 e. The average molecular weight is 438 g/mol. The van der Waals surface area contributed by atoms with Crippen LogP contribution in [0.5, 0.6) is 0 Å². The van der Waals surface area contributed by atoms with E-state index in [1.807, 2.05) is 18.2 Å². The van der Waals surface area contributed by atoms with Crippen LogP contribution < -0.4 is 5.32 Å². The lowest BCUT2D eigenvalue weighted by atomic mass is 10.1. The number of halogens is 2. The molecule has 0 aliphatic heterocycles. The maximum absolute atomic E-state index is 6.19. The number of aromatic nitrogens is 2. The first-order chi connectivity index (χ1) is 14.2. The summed E-state index contributed by atoms with van der Waals surface area (Å²) in [5.74, 6) is 0.726. The Balaban J connectivity index is 0.00000218. The van der Waals surface area contributed by atoms with Crippen LogP contribution in [-0.2, 0) is 19.3 Å². The minimum absolute atomic E-state index is 0. The molecule has 0 atom stereocenters. The number of aryl methyl sites for hydroxylation is 1. The Hall–Kier alpha value is -2.82. The van der Waals surface area contributed by atoms with Crippen molar-refractivity contribution in [3.63, 3.8) is 0 Å². The van der Waals surface area contributed by atoms with Crippen LogP contribution in [0.3, 0.4) is 0 Å². The molecule has 0 spiro atoms. The first-order valence-electron chi connectivity index (χ1n) is 9.78. The lowest BCUT2D eigenvalue weighted by Crippen LogP contribution is -2.00. The average Bonchev–Trinajstić information content (AvgIpc) is 3.41. The number of nitrogens with zero attached hydrogens (tertiary/aromatic N) is 2. The molecule has 1 aliphatic carbocycles. The highest BCUT2D eigenvalue weighted by Crippen LogP contribution is 2.34. The second kappa shape index (κ2) is 8.90. The van der Waals surface area contributed by atoms with Gasteiger partial charge in [-0.05, 0) is 60.7 Å². The highest BCUT2D eigenvalue weighted by Gasteiger charge is 2.19. The third-order valence-electron chi connectivity index (χ3n) is 5.24. The van der Waals surface area contributed by atoms with Crippen molar-refractivity contribution >= 4 is 35.4 Å². The van der Waals surface area contributed by atoms with Crippen LogP contribution in [0.2, 0.25) is 5.02 Å². The number of anilines is 2. The number of oxazole rings is 1. The van der Waals surface area contributed by atoms with E-state index in [1.54, 1.807) is 12.5 Å². The van der Waals surface area contributed by atoms with E-state index < -0.39 is 0 Å². The van der Waals surface area contributed by atoms with E-state index in [9.17, 15) is 0 Å². The summed E-state index contributed by atoms with van der Waals surface area (Å²) in [6.07, 6.45) is 7.19. The molecule has 0 unspecified atom stereocenters. The Labute approximate surface area is 186 Å². The monoisotopic (exact) mass is 437 g/mol. The lowest BCUT2D eigenvalue weighted by Gasteiger charge is -2.14. The number of hydrogen-bond acceptors (Lipinski definition) is 4. The Bertz CT molecular complexity index is 1140. The Morgan fingerprint density at radius 2 is 1.90 bits per heavy atom. The maximum Gasteiger partial charge on any atom is 0.198 e. The zero-order valence-corrected chi connectivity index (χ0v) is 17.8. The van der Waals surface area contributed by atoms with Crippen molar-refractivity contribution < 1.29 is 4.42 Å². The number of rotatable bonds is 5. The SMILES string of the molecule is Cl.Clc1cccc(-c2cc(Nc3ccc(Cc4ncco4)cc3)c3c(n2)CCC3)c1. The van der Waals surface area contributed by atoms with E-state index in [0.717, 1.165) is 58.4 Å². The summed E-state index contributed by atoms with van der Waals surface area (Å²) in [5.41, 5.74) is 7.84. The first kappa shape index (κ1) is 20.5. The van der Waals surface area contributed by atoms with Gasteiger partial charge in [-0.15, -0.1) is 12.4 Å². The zero-order chi connectivity index (χ0) is 19.6. The molecule has 4 nitrogen and oxygen atoms in total. The Morgan fingerprint density at radius 1 is 1.03 bits per heavy atom. The molecule has 1 aliphatic rings. The summed E-state index contributed by atoms with van der Waals surface area (Å²) < 4.78 is 5.33. The fraction of sp³-hybridized carbons (Fsp3) is 0.167. The van der Waals surface area contributed by atoms with Gasteiger partial charge in [0.25, 0.3) is 0 Å². The van der Waals surface area contributed by atoms with Crippen LogP contribution in [0.15, 0.2) is 71.5 Å². The fourth-order valence-corrected chi connectivity index (χ4v) is 4.02. The lowest BCUT2D eigenvalue weighted by molar-refractivity contribution is 0.507. The van der Waals surface area contributed by atoms with Gasteiger partial charge in [0.15, 0.2) is 5.89 Å². The van der Waals surface area contributed by atoms with Crippen molar-refractivity contribution in [2.24, 2.45) is 0 Å². The van der Waals surface area contributed by atoms with Gasteiger partial charge < -0.3 is 9.73 Å². The highest BCUT2D eigenvalue weighted by molar-refractivity contribution is 6.30. The van der Waals surface area contributed by atoms with Gasteiger partial charge in [0, 0.05) is 34.1 Å². The number of pyridine rings is 1. The van der Waals surface area contributed by atoms with Crippen LogP contribution in [0.1, 0.15) is 29.1 Å². The fourth-order valence-electron chi connectivity index (χ4n) is 3.83. The van der Waals surface area contributed by atoms with Crippen molar-refractivity contribution in [1.29, 1.82) is 0 Å². The predicted octanol–water partition coefficient (Wildman–Crippen LogP) is 6.63. The molecule has 1 N–H and O–H groups in total. The molecule has 0 radical (unpaired) electrons. The summed E-state index contributed by atoms with van der Waals surface area (Å²) in [4.78, 5) is 9.09. The molecule has 152 valence electrons. The summed E-state index contributed by atoms with van der Waals surface area (Å²) in [7, 11) is 0. The largest absolute Gasteiger partial charge is 0.449 e. The van der Waals surface area contributed by atoms with Gasteiger partial charge in [-0.1, -0.05) is 35.9 Å². The molecule has 30 heavy (non-hydrogen) atoms. The molecule has 2 aromatic carbocycles. The zero-order valence-electron chi connectivity index (χ0n) is 16.3. The summed E-state index contributed by atoms with van der Waals surface area (Å²) in [5, 5.41) is 4.33. The van der Waals surface area contributed by atoms with Gasteiger partial charge in [0.2, 0.25) is 0 Å². The molecule has 2 aromatic heterocycles. The van der Waals surface area contributed by atoms with Crippen LogP contribution in [0, 0.1) is 0 Å². The minimum atomic E-state index is 0. The van der Waals surface area contributed by atoms with Gasteiger partial charge in [0.05, 0.1) is 11.9 Å². The van der Waals surface area contributed by atoms with E-state index in [-0.39, 0.29) is 12.4 Å². The van der Waals surface area contributed by atoms with Crippen molar-refractivity contribution in [3.05, 3.63) is 94.8 Å². The predicted molar refractivity (Wildman–Crippen MR) is 123 cm³/mol. The standard InChI is InChI=1S/C24H20ClN3O.ClH/c25-18-4-1-3-17(14-18)22-15-23(20-5-2-6-21(20)28-22)27-19-9-7-16(8-10-19)13-24-26-11-12-29-24;/h1,3-4,7-12,14-15H,2,5-6,13H2,(H,27,28);1H. The van der Waals surface area contributed by atoms with E-state index in [2.05, 4.69) is 46.7 Å². The van der Waals surface area contributed by atoms with Gasteiger partial charge in [-0.2, -0.15) is 0 Å². The second-order valence-electron chi connectivity index (χ2n) is 7.27. The van der Waals surface area contributed by atoms with Crippen molar-refractivity contribution in [2.45, 2.75) is 25.7 Å². The molecule has 4 aromatic rings. The highest BCUT2D eigenvalue weighted by atomic mass is 35.5. The van der Waals surface area contributed by atoms with E-state index in [1.165, 1.54) is 11.3 Å². The maximum atomic E-state index is 6.19. The Morgan fingerprint density at radius 3 is 2.67 bits per heavy atom. The molecule has 0 saturated heterocycles. The summed E-state index contributed by atoms with van der Waals surface area (Å²) in [6, 6.07) is 18.4. The molecule has 0 saturated carbocycles. The normalized spacial score (nSPS) is 12.3. The van der Waals surface area contributed by atoms with Gasteiger partial charge in [0.1, 0.15) is 6.26 Å². The van der Waals surface area contributed by atoms with Crippen molar-refractivity contribution in [3.8, 4) is 11.3 Å². The third kappa shape index (κ3) is 4.35. The van der Waals surface area contributed by atoms with Gasteiger partial charge in [-0.25, -0.2) is 4.98 Å². The van der Waals surface area contributed by atoms with Gasteiger partial charge >= 0.3 is 0 Å². The molecular weight excluding hydrogens is 417 g/mol. The van der Waals surface area contributed by atoms with Gasteiger partial charge in [-0.3, -0.25) is 4.98 Å². The molecule has 2 heterocycles. The van der Waals surface area contributed by atoms with Crippen LogP contribution in [0.25, 0.3) is 11.3 Å². The molecule has 5 rings (SSSR count). The van der Waals surface area contributed by atoms with Crippen molar-refractivity contribution in [2.75, 3.05) is 5.32 Å². The number of hydrogen-bond donors (Lipinski definition) is 1. The van der Waals surface area contributed by atoms with E-state index >= 15 is 0 Å². The van der Waals surface area contributed by atoms with Crippen LogP contribution in [-0.4, -0.2) is 9.97 Å². The van der Waals surface area contributed by atoms with Crippen LogP contribution in [0.4, 0.5) is 11.4 Å². The summed E-state index contributed by atoms with van der Waals surface area (Å²) >= 11 is 6.19. The topological polar surface area (TPSA) is 51.0 Å². The third-order valence-corrected chi connectivity index (χ3v) is 5.48. The number of benzene rings is 2. The number of fused-ring (bicyclic) bond motifs is 1. The quantitative estimate of drug-likeness (QED) is 0.380. The van der Waals surface area contributed by atoms with E-state index in [0.29, 0.717) is 6.42 Å². The summed E-state index contributed by atoms with van der Waals surface area (Å²) in [6.45, 7) is 0. The minimum Gasteiger partial charge on any atom is -0.449 e. The second-order valence-corrected chi connectivity index (χ2v) is 7.71.